The van der Waals surface area contributed by atoms with Crippen molar-refractivity contribution in [2.45, 2.75) is 39.0 Å². The van der Waals surface area contributed by atoms with Gasteiger partial charge in [0, 0.05) is 36.4 Å². The van der Waals surface area contributed by atoms with E-state index in [1.165, 1.54) is 0 Å². The first-order valence-electron chi connectivity index (χ1n) is 6.78. The molecule has 0 saturated carbocycles. The van der Waals surface area contributed by atoms with Crippen molar-refractivity contribution in [3.63, 3.8) is 0 Å². The van der Waals surface area contributed by atoms with E-state index in [2.05, 4.69) is 16.5 Å². The summed E-state index contributed by atoms with van der Waals surface area (Å²) in [7, 11) is 0. The van der Waals surface area contributed by atoms with E-state index in [0.717, 1.165) is 18.1 Å². The van der Waals surface area contributed by atoms with Crippen molar-refractivity contribution in [3.05, 3.63) is 47.5 Å². The highest BCUT2D eigenvalue weighted by molar-refractivity contribution is 6.30. The van der Waals surface area contributed by atoms with Crippen LogP contribution in [0, 0.1) is 0 Å². The van der Waals surface area contributed by atoms with Crippen LogP contribution < -0.4 is 10.5 Å². The molecular weight excluding hydrogens is 274 g/mol. The number of rotatable bonds is 6. The number of benzene rings is 1. The zero-order valence-electron chi connectivity index (χ0n) is 11.8. The summed E-state index contributed by atoms with van der Waals surface area (Å²) < 4.78 is 7.92. The summed E-state index contributed by atoms with van der Waals surface area (Å²) in [6.45, 7) is 4.94. The van der Waals surface area contributed by atoms with E-state index in [1.807, 2.05) is 31.3 Å². The molecular formula is C15H20ClN3O. The Morgan fingerprint density at radius 3 is 2.95 bits per heavy atom. The maximum atomic E-state index is 6.21. The molecule has 0 fully saturated rings. The molecule has 0 aliphatic carbocycles. The first-order valence-corrected chi connectivity index (χ1v) is 7.15. The minimum Gasteiger partial charge on any atom is -0.489 e. The lowest BCUT2D eigenvalue weighted by molar-refractivity contribution is 0.187. The molecule has 1 aromatic heterocycles. The number of halogens is 1. The molecule has 108 valence electrons. The van der Waals surface area contributed by atoms with Crippen molar-refractivity contribution >= 4 is 11.6 Å². The molecule has 0 aliphatic heterocycles. The fourth-order valence-electron chi connectivity index (χ4n) is 2.04. The molecule has 2 atom stereocenters. The van der Waals surface area contributed by atoms with Gasteiger partial charge in [-0.25, -0.2) is 4.98 Å². The molecule has 2 N–H and O–H groups in total. The van der Waals surface area contributed by atoms with Crippen LogP contribution >= 0.6 is 11.6 Å². The van der Waals surface area contributed by atoms with Gasteiger partial charge in [-0.1, -0.05) is 17.7 Å². The van der Waals surface area contributed by atoms with E-state index in [-0.39, 0.29) is 12.1 Å². The predicted molar refractivity (Wildman–Crippen MR) is 81.1 cm³/mol. The normalized spacial score (nSPS) is 14.0. The third kappa shape index (κ3) is 3.74. The van der Waals surface area contributed by atoms with Gasteiger partial charge in [-0.2, -0.15) is 0 Å². The van der Waals surface area contributed by atoms with E-state index >= 15 is 0 Å². The minimum absolute atomic E-state index is 0.115. The highest BCUT2D eigenvalue weighted by Gasteiger charge is 2.17. The van der Waals surface area contributed by atoms with Gasteiger partial charge in [-0.05, 0) is 32.0 Å². The highest BCUT2D eigenvalue weighted by atomic mass is 35.5. The van der Waals surface area contributed by atoms with Gasteiger partial charge < -0.3 is 15.0 Å². The standard InChI is InChI=1S/C15H20ClN3O/c1-3-19-8-7-18-15(19)10-14(17)11(2)20-13-6-4-5-12(16)9-13/h4-9,11,14H,3,10,17H2,1-2H3. The molecule has 2 unspecified atom stereocenters. The molecule has 5 heteroatoms. The highest BCUT2D eigenvalue weighted by Crippen LogP contribution is 2.19. The Labute approximate surface area is 124 Å². The van der Waals surface area contributed by atoms with Crippen molar-refractivity contribution < 1.29 is 4.74 Å². The second-order valence-corrected chi connectivity index (χ2v) is 5.21. The van der Waals surface area contributed by atoms with Gasteiger partial charge >= 0.3 is 0 Å². The van der Waals surface area contributed by atoms with Crippen LogP contribution in [0.2, 0.25) is 5.02 Å². The number of aryl methyl sites for hydroxylation is 1. The maximum Gasteiger partial charge on any atom is 0.121 e. The molecule has 20 heavy (non-hydrogen) atoms. The van der Waals surface area contributed by atoms with E-state index in [0.29, 0.717) is 11.4 Å². The molecule has 1 aromatic carbocycles. The molecule has 1 heterocycles. The van der Waals surface area contributed by atoms with Crippen LogP contribution in [0.25, 0.3) is 0 Å². The second-order valence-electron chi connectivity index (χ2n) is 4.78. The van der Waals surface area contributed by atoms with Crippen LogP contribution in [-0.2, 0) is 13.0 Å². The van der Waals surface area contributed by atoms with Gasteiger partial charge in [0.05, 0.1) is 0 Å². The lowest BCUT2D eigenvalue weighted by Crippen LogP contribution is -2.39. The number of aromatic nitrogens is 2. The Morgan fingerprint density at radius 1 is 1.45 bits per heavy atom. The van der Waals surface area contributed by atoms with Crippen molar-refractivity contribution in [2.24, 2.45) is 5.73 Å². The van der Waals surface area contributed by atoms with E-state index in [9.17, 15) is 0 Å². The van der Waals surface area contributed by atoms with E-state index < -0.39 is 0 Å². The summed E-state index contributed by atoms with van der Waals surface area (Å²) >= 11 is 5.94. The van der Waals surface area contributed by atoms with Crippen molar-refractivity contribution in [1.29, 1.82) is 0 Å². The summed E-state index contributed by atoms with van der Waals surface area (Å²) in [6.07, 6.45) is 4.33. The van der Waals surface area contributed by atoms with Gasteiger partial charge in [0.2, 0.25) is 0 Å². The van der Waals surface area contributed by atoms with Gasteiger partial charge in [-0.3, -0.25) is 0 Å². The lowest BCUT2D eigenvalue weighted by Gasteiger charge is -2.21. The average molecular weight is 294 g/mol. The largest absolute Gasteiger partial charge is 0.489 e. The Hall–Kier alpha value is -1.52. The van der Waals surface area contributed by atoms with Crippen molar-refractivity contribution in [1.82, 2.24) is 9.55 Å². The molecule has 0 amide bonds. The zero-order valence-corrected chi connectivity index (χ0v) is 12.5. The summed E-state index contributed by atoms with van der Waals surface area (Å²) in [5.74, 6) is 1.72. The minimum atomic E-state index is -0.123. The number of imidazole rings is 1. The fraction of sp³-hybridized carbons (Fsp3) is 0.400. The third-order valence-electron chi connectivity index (χ3n) is 3.28. The monoisotopic (exact) mass is 293 g/mol. The molecule has 2 aromatic rings. The van der Waals surface area contributed by atoms with Crippen LogP contribution in [-0.4, -0.2) is 21.7 Å². The number of nitrogens with two attached hydrogens (primary N) is 1. The number of hydrogen-bond acceptors (Lipinski definition) is 3. The number of hydrogen-bond donors (Lipinski definition) is 1. The first-order chi connectivity index (χ1) is 9.60. The molecule has 2 rings (SSSR count). The smallest absolute Gasteiger partial charge is 0.121 e. The SMILES string of the molecule is CCn1ccnc1CC(N)C(C)Oc1cccc(Cl)c1. The van der Waals surface area contributed by atoms with Gasteiger partial charge in [0.15, 0.2) is 0 Å². The lowest BCUT2D eigenvalue weighted by atomic mass is 10.1. The Bertz CT molecular complexity index is 556. The van der Waals surface area contributed by atoms with Crippen molar-refractivity contribution in [2.75, 3.05) is 0 Å². The topological polar surface area (TPSA) is 53.1 Å². The Balaban J connectivity index is 1.97. The van der Waals surface area contributed by atoms with Crippen LogP contribution in [0.4, 0.5) is 0 Å². The van der Waals surface area contributed by atoms with Gasteiger partial charge in [0.25, 0.3) is 0 Å². The summed E-state index contributed by atoms with van der Waals surface area (Å²) in [5, 5.41) is 0.657. The predicted octanol–water partition coefficient (Wildman–Crippen LogP) is 2.89. The van der Waals surface area contributed by atoms with E-state index in [1.54, 1.807) is 12.3 Å². The summed E-state index contributed by atoms with van der Waals surface area (Å²) in [4.78, 5) is 4.34. The van der Waals surface area contributed by atoms with Gasteiger partial charge in [0.1, 0.15) is 17.7 Å². The molecule has 0 aliphatic rings. The van der Waals surface area contributed by atoms with Crippen LogP contribution in [0.15, 0.2) is 36.7 Å². The zero-order chi connectivity index (χ0) is 14.5. The number of ether oxygens (including phenoxy) is 1. The maximum absolute atomic E-state index is 6.21. The van der Waals surface area contributed by atoms with Crippen LogP contribution in [0.1, 0.15) is 19.7 Å². The van der Waals surface area contributed by atoms with Gasteiger partial charge in [-0.15, -0.1) is 0 Å². The quantitative estimate of drug-likeness (QED) is 0.891. The molecule has 0 radical (unpaired) electrons. The average Bonchev–Trinajstić information content (AvgIpc) is 2.85. The Kier molecular flexibility index (Phi) is 5.04. The third-order valence-corrected chi connectivity index (χ3v) is 3.52. The second kappa shape index (κ2) is 6.77. The summed E-state index contributed by atoms with van der Waals surface area (Å²) in [6, 6.07) is 7.22. The fourth-order valence-corrected chi connectivity index (χ4v) is 2.22. The van der Waals surface area contributed by atoms with Crippen LogP contribution in [0.5, 0.6) is 5.75 Å². The molecule has 4 nitrogen and oxygen atoms in total. The van der Waals surface area contributed by atoms with E-state index in [4.69, 9.17) is 22.1 Å². The first kappa shape index (κ1) is 14.9. The molecule has 0 bridgehead atoms. The number of nitrogens with zero attached hydrogens (tertiary/aromatic N) is 2. The summed E-state index contributed by atoms with van der Waals surface area (Å²) in [5.41, 5.74) is 6.21. The molecule has 0 spiro atoms. The van der Waals surface area contributed by atoms with Crippen molar-refractivity contribution in [3.8, 4) is 5.75 Å². The Morgan fingerprint density at radius 2 is 2.25 bits per heavy atom. The van der Waals surface area contributed by atoms with Crippen LogP contribution in [0.3, 0.4) is 0 Å². The molecule has 0 saturated heterocycles.